The number of aromatic nitrogens is 2. The Morgan fingerprint density at radius 1 is 1.34 bits per heavy atom. The molecule has 13 heteroatoms. The van der Waals surface area contributed by atoms with Crippen molar-refractivity contribution in [3.63, 3.8) is 0 Å². The number of thiophene rings is 1. The standard InChI is InChI=1S/C13H13N3O2.C9H8N2O4S2/c14-7-9-2-1-3-10(6-9)8-16-5-4-11(12(15)17)13(16)18;1-15-9-10-5-4-6(11-9)7-2-3-8(16-7)17(12,13)14/h1-3,6,11H,4-5,8H2,(H2,15,17);2-5H,1H3,(H,12,13,14)/t11-;/m0./s1. The molecule has 0 spiro atoms. The second-order valence-electron chi connectivity index (χ2n) is 7.34. The number of amides is 2. The zero-order valence-electron chi connectivity index (χ0n) is 18.5. The minimum atomic E-state index is -4.16. The third kappa shape index (κ3) is 6.60. The SMILES string of the molecule is COc1nccc(-c2ccc(S(=O)(=O)O)s2)n1.N#Cc1cccc(CN2CC[C@@H](C(N)=O)C2=O)c1. The Hall–Kier alpha value is -3.86. The number of primary amides is 1. The molecule has 2 aromatic heterocycles. The number of carbonyl (C=O) groups is 2. The van der Waals surface area contributed by atoms with Crippen LogP contribution < -0.4 is 10.5 Å². The summed E-state index contributed by atoms with van der Waals surface area (Å²) in [5.74, 6) is -1.47. The van der Waals surface area contributed by atoms with E-state index in [4.69, 9.17) is 20.3 Å². The molecule has 1 aromatic carbocycles. The Labute approximate surface area is 205 Å². The molecule has 2 amide bonds. The van der Waals surface area contributed by atoms with Crippen molar-refractivity contribution in [1.29, 1.82) is 5.26 Å². The summed E-state index contributed by atoms with van der Waals surface area (Å²) in [5.41, 5.74) is 7.14. The summed E-state index contributed by atoms with van der Waals surface area (Å²) < 4.78 is 35.4. The van der Waals surface area contributed by atoms with Gasteiger partial charge in [0.1, 0.15) is 10.1 Å². The van der Waals surface area contributed by atoms with Crippen LogP contribution in [0.1, 0.15) is 17.5 Å². The molecule has 0 saturated carbocycles. The van der Waals surface area contributed by atoms with Crippen molar-refractivity contribution in [1.82, 2.24) is 14.9 Å². The van der Waals surface area contributed by atoms with Crippen molar-refractivity contribution < 1.29 is 27.3 Å². The fraction of sp³-hybridized carbons (Fsp3) is 0.227. The summed E-state index contributed by atoms with van der Waals surface area (Å²) in [7, 11) is -2.72. The molecule has 3 heterocycles. The van der Waals surface area contributed by atoms with Crippen LogP contribution in [0.4, 0.5) is 0 Å². The summed E-state index contributed by atoms with van der Waals surface area (Å²) in [6, 6.07) is 13.8. The zero-order chi connectivity index (χ0) is 25.6. The third-order valence-corrected chi connectivity index (χ3v) is 7.40. The van der Waals surface area contributed by atoms with E-state index in [-0.39, 0.29) is 16.1 Å². The fourth-order valence-electron chi connectivity index (χ4n) is 3.29. The van der Waals surface area contributed by atoms with Crippen molar-refractivity contribution >= 4 is 33.3 Å². The smallest absolute Gasteiger partial charge is 0.316 e. The van der Waals surface area contributed by atoms with E-state index in [1.54, 1.807) is 35.2 Å². The van der Waals surface area contributed by atoms with Gasteiger partial charge in [0.25, 0.3) is 0 Å². The Balaban J connectivity index is 0.000000196. The second-order valence-corrected chi connectivity index (χ2v) is 10.1. The Kier molecular flexibility index (Phi) is 8.13. The first kappa shape index (κ1) is 25.8. The first-order valence-corrected chi connectivity index (χ1v) is 12.4. The maximum absolute atomic E-state index is 11.9. The molecule has 3 aromatic rings. The lowest BCUT2D eigenvalue weighted by Gasteiger charge is -2.16. The van der Waals surface area contributed by atoms with Gasteiger partial charge in [-0.25, -0.2) is 4.98 Å². The number of methoxy groups -OCH3 is 1. The number of likely N-dealkylation sites (tertiary alicyclic amines) is 1. The van der Waals surface area contributed by atoms with E-state index in [0.717, 1.165) is 16.9 Å². The van der Waals surface area contributed by atoms with Gasteiger partial charge >= 0.3 is 16.1 Å². The molecule has 3 N–H and O–H groups in total. The monoisotopic (exact) mass is 515 g/mol. The molecule has 182 valence electrons. The molecule has 1 aliphatic rings. The molecule has 0 radical (unpaired) electrons. The fourth-order valence-corrected chi connectivity index (χ4v) is 4.93. The van der Waals surface area contributed by atoms with Crippen LogP contribution >= 0.6 is 11.3 Å². The normalized spacial score (nSPS) is 15.2. The predicted molar refractivity (Wildman–Crippen MR) is 126 cm³/mol. The summed E-state index contributed by atoms with van der Waals surface area (Å²) in [4.78, 5) is 33.0. The minimum absolute atomic E-state index is 0.120. The van der Waals surface area contributed by atoms with Crippen molar-refractivity contribution in [2.24, 2.45) is 11.7 Å². The van der Waals surface area contributed by atoms with E-state index < -0.39 is 21.9 Å². The van der Waals surface area contributed by atoms with Gasteiger partial charge in [0.2, 0.25) is 11.8 Å². The van der Waals surface area contributed by atoms with E-state index in [1.165, 1.54) is 19.4 Å². The van der Waals surface area contributed by atoms with Crippen LogP contribution in [0.5, 0.6) is 6.01 Å². The highest BCUT2D eigenvalue weighted by Crippen LogP contribution is 2.29. The minimum Gasteiger partial charge on any atom is -0.467 e. The lowest BCUT2D eigenvalue weighted by molar-refractivity contribution is -0.136. The number of ether oxygens (including phenoxy) is 1. The maximum Gasteiger partial charge on any atom is 0.316 e. The number of carbonyl (C=O) groups excluding carboxylic acids is 2. The van der Waals surface area contributed by atoms with Gasteiger partial charge in [0, 0.05) is 19.3 Å². The molecule has 0 aliphatic carbocycles. The van der Waals surface area contributed by atoms with Gasteiger partial charge in [-0.2, -0.15) is 18.7 Å². The first-order valence-electron chi connectivity index (χ1n) is 10.1. The van der Waals surface area contributed by atoms with Gasteiger partial charge < -0.3 is 15.4 Å². The van der Waals surface area contributed by atoms with Crippen molar-refractivity contribution in [3.05, 3.63) is 59.8 Å². The number of nitriles is 1. The van der Waals surface area contributed by atoms with Crippen molar-refractivity contribution in [2.45, 2.75) is 17.2 Å². The van der Waals surface area contributed by atoms with Gasteiger partial charge in [0.05, 0.1) is 29.3 Å². The van der Waals surface area contributed by atoms with Crippen LogP contribution in [0, 0.1) is 17.2 Å². The number of benzene rings is 1. The molecule has 1 atom stereocenters. The lowest BCUT2D eigenvalue weighted by Crippen LogP contribution is -2.33. The Morgan fingerprint density at radius 3 is 2.71 bits per heavy atom. The van der Waals surface area contributed by atoms with Crippen LogP contribution in [0.3, 0.4) is 0 Å². The van der Waals surface area contributed by atoms with Gasteiger partial charge in [-0.1, -0.05) is 12.1 Å². The molecule has 35 heavy (non-hydrogen) atoms. The van der Waals surface area contributed by atoms with Gasteiger partial charge in [-0.15, -0.1) is 11.3 Å². The molecule has 1 saturated heterocycles. The molecular weight excluding hydrogens is 494 g/mol. The summed E-state index contributed by atoms with van der Waals surface area (Å²) in [6.45, 7) is 0.946. The van der Waals surface area contributed by atoms with E-state index in [2.05, 4.69) is 16.0 Å². The summed E-state index contributed by atoms with van der Waals surface area (Å²) in [6.07, 6.45) is 1.99. The molecule has 1 aliphatic heterocycles. The molecule has 0 bridgehead atoms. The molecule has 1 fully saturated rings. The Bertz CT molecular complexity index is 1380. The van der Waals surface area contributed by atoms with Gasteiger partial charge in [0.15, 0.2) is 0 Å². The molecule has 4 rings (SSSR count). The third-order valence-electron chi connectivity index (χ3n) is 4.97. The second kappa shape index (κ2) is 11.0. The van der Waals surface area contributed by atoms with Crippen LogP contribution in [0.2, 0.25) is 0 Å². The topological polar surface area (TPSA) is 177 Å². The average Bonchev–Trinajstić information content (AvgIpc) is 3.48. The Morgan fingerprint density at radius 2 is 2.11 bits per heavy atom. The number of hydrogen-bond acceptors (Lipinski definition) is 9. The van der Waals surface area contributed by atoms with Crippen LogP contribution in [0.25, 0.3) is 10.6 Å². The lowest BCUT2D eigenvalue weighted by atomic mass is 10.1. The maximum atomic E-state index is 11.9. The van der Waals surface area contributed by atoms with E-state index in [9.17, 15) is 18.0 Å². The first-order chi connectivity index (χ1) is 16.6. The average molecular weight is 516 g/mol. The van der Waals surface area contributed by atoms with E-state index in [0.29, 0.717) is 35.6 Å². The van der Waals surface area contributed by atoms with Crippen molar-refractivity contribution in [2.75, 3.05) is 13.7 Å². The van der Waals surface area contributed by atoms with E-state index >= 15 is 0 Å². The predicted octanol–water partition coefficient (Wildman–Crippen LogP) is 1.85. The zero-order valence-corrected chi connectivity index (χ0v) is 20.1. The number of nitrogens with zero attached hydrogens (tertiary/aromatic N) is 4. The van der Waals surface area contributed by atoms with Gasteiger partial charge in [-0.05, 0) is 42.3 Å². The highest BCUT2D eigenvalue weighted by Gasteiger charge is 2.35. The quantitative estimate of drug-likeness (QED) is 0.366. The largest absolute Gasteiger partial charge is 0.467 e. The highest BCUT2D eigenvalue weighted by molar-refractivity contribution is 7.88. The van der Waals surface area contributed by atoms with Crippen LogP contribution in [0.15, 0.2) is 52.9 Å². The molecule has 0 unspecified atom stereocenters. The van der Waals surface area contributed by atoms with Crippen LogP contribution in [-0.2, 0) is 26.3 Å². The van der Waals surface area contributed by atoms with Crippen molar-refractivity contribution in [3.8, 4) is 22.7 Å². The van der Waals surface area contributed by atoms with E-state index in [1.807, 2.05) is 6.07 Å². The summed E-state index contributed by atoms with van der Waals surface area (Å²) in [5, 5.41) is 8.80. The highest BCUT2D eigenvalue weighted by atomic mass is 32.3. The van der Waals surface area contributed by atoms with Gasteiger partial charge in [-0.3, -0.25) is 14.1 Å². The van der Waals surface area contributed by atoms with Crippen LogP contribution in [-0.4, -0.2) is 53.3 Å². The number of rotatable bonds is 6. The number of nitrogens with two attached hydrogens (primary N) is 1. The summed E-state index contributed by atoms with van der Waals surface area (Å²) >= 11 is 0.928. The number of hydrogen-bond donors (Lipinski definition) is 2. The molecule has 11 nitrogen and oxygen atoms in total. The molecular formula is C22H21N5O6S2.